The van der Waals surface area contributed by atoms with Gasteiger partial charge in [0.05, 0.1) is 10.0 Å². The van der Waals surface area contributed by atoms with Crippen LogP contribution in [0.15, 0.2) is 18.2 Å². The summed E-state index contributed by atoms with van der Waals surface area (Å²) < 4.78 is 0. The lowest BCUT2D eigenvalue weighted by atomic mass is 10.2. The molecule has 1 rings (SSSR count). The second-order valence-corrected chi connectivity index (χ2v) is 6.12. The molecule has 0 unspecified atom stereocenters. The van der Waals surface area contributed by atoms with Gasteiger partial charge in [0.15, 0.2) is 0 Å². The van der Waals surface area contributed by atoms with E-state index in [1.807, 2.05) is 0 Å². The SMILES string of the molecule is CC(C)N(CCNC(=O)c1ccc(Cl)c(Cl)c1)C(C)C. The van der Waals surface area contributed by atoms with Crippen LogP contribution in [0, 0.1) is 0 Å². The summed E-state index contributed by atoms with van der Waals surface area (Å²) in [6, 6.07) is 5.80. The van der Waals surface area contributed by atoms with Crippen LogP contribution in [0.3, 0.4) is 0 Å². The summed E-state index contributed by atoms with van der Waals surface area (Å²) in [6.07, 6.45) is 0. The highest BCUT2D eigenvalue weighted by Gasteiger charge is 2.13. The Labute approximate surface area is 131 Å². The topological polar surface area (TPSA) is 32.3 Å². The number of carbonyl (C=O) groups excluding carboxylic acids is 1. The molecule has 3 nitrogen and oxygen atoms in total. The molecular weight excluding hydrogens is 295 g/mol. The Hall–Kier alpha value is -0.770. The van der Waals surface area contributed by atoms with Crippen LogP contribution in [-0.2, 0) is 0 Å². The number of hydrogen-bond acceptors (Lipinski definition) is 2. The zero-order valence-corrected chi connectivity index (χ0v) is 13.9. The summed E-state index contributed by atoms with van der Waals surface area (Å²) in [4.78, 5) is 14.3. The first kappa shape index (κ1) is 17.3. The fourth-order valence-electron chi connectivity index (χ4n) is 2.15. The molecule has 0 radical (unpaired) electrons. The van der Waals surface area contributed by atoms with Crippen molar-refractivity contribution < 1.29 is 4.79 Å². The second-order valence-electron chi connectivity index (χ2n) is 5.31. The van der Waals surface area contributed by atoms with Crippen molar-refractivity contribution in [3.63, 3.8) is 0 Å². The van der Waals surface area contributed by atoms with E-state index in [4.69, 9.17) is 23.2 Å². The minimum atomic E-state index is -0.129. The van der Waals surface area contributed by atoms with Gasteiger partial charge in [-0.05, 0) is 45.9 Å². The van der Waals surface area contributed by atoms with E-state index in [2.05, 4.69) is 37.9 Å². The number of benzene rings is 1. The molecule has 1 N–H and O–H groups in total. The van der Waals surface area contributed by atoms with Crippen molar-refractivity contribution in [3.05, 3.63) is 33.8 Å². The molecule has 0 aromatic heterocycles. The Kier molecular flexibility index (Phi) is 6.80. The van der Waals surface area contributed by atoms with Gasteiger partial charge >= 0.3 is 0 Å². The first-order chi connectivity index (χ1) is 9.32. The van der Waals surface area contributed by atoms with Gasteiger partial charge in [0.2, 0.25) is 0 Å². The third kappa shape index (κ3) is 4.97. The van der Waals surface area contributed by atoms with Gasteiger partial charge in [0.1, 0.15) is 0 Å². The van der Waals surface area contributed by atoms with E-state index in [0.717, 1.165) is 6.54 Å². The number of nitrogens with zero attached hydrogens (tertiary/aromatic N) is 1. The van der Waals surface area contributed by atoms with E-state index in [0.29, 0.717) is 34.2 Å². The molecule has 0 aliphatic carbocycles. The standard InChI is InChI=1S/C15H22Cl2N2O/c1-10(2)19(11(3)4)8-7-18-15(20)12-5-6-13(16)14(17)9-12/h5-6,9-11H,7-8H2,1-4H3,(H,18,20). The minimum Gasteiger partial charge on any atom is -0.351 e. The Morgan fingerprint density at radius 1 is 1.15 bits per heavy atom. The van der Waals surface area contributed by atoms with Gasteiger partial charge in [-0.15, -0.1) is 0 Å². The molecule has 0 spiro atoms. The van der Waals surface area contributed by atoms with E-state index in [1.54, 1.807) is 18.2 Å². The average molecular weight is 317 g/mol. The number of hydrogen-bond donors (Lipinski definition) is 1. The van der Waals surface area contributed by atoms with Crippen LogP contribution in [0.25, 0.3) is 0 Å². The van der Waals surface area contributed by atoms with Crippen LogP contribution in [0.4, 0.5) is 0 Å². The Bertz CT molecular complexity index is 453. The average Bonchev–Trinajstić information content (AvgIpc) is 2.36. The molecule has 0 fully saturated rings. The normalized spacial score (nSPS) is 11.4. The fourth-order valence-corrected chi connectivity index (χ4v) is 2.45. The summed E-state index contributed by atoms with van der Waals surface area (Å²) in [5.41, 5.74) is 0.528. The van der Waals surface area contributed by atoms with E-state index in [9.17, 15) is 4.79 Å². The molecule has 1 aromatic carbocycles. The quantitative estimate of drug-likeness (QED) is 0.864. The predicted octanol–water partition coefficient (Wildman–Crippen LogP) is 3.84. The number of nitrogens with one attached hydrogen (secondary N) is 1. The number of halogens is 2. The molecular formula is C15H22Cl2N2O. The van der Waals surface area contributed by atoms with Crippen molar-refractivity contribution in [1.82, 2.24) is 10.2 Å². The molecule has 1 amide bonds. The summed E-state index contributed by atoms with van der Waals surface area (Å²) >= 11 is 11.7. The van der Waals surface area contributed by atoms with Crippen molar-refractivity contribution in [2.45, 2.75) is 39.8 Å². The molecule has 112 valence electrons. The molecule has 0 heterocycles. The number of carbonyl (C=O) groups is 1. The first-order valence-electron chi connectivity index (χ1n) is 6.82. The van der Waals surface area contributed by atoms with Gasteiger partial charge in [-0.3, -0.25) is 9.69 Å². The van der Waals surface area contributed by atoms with Crippen LogP contribution >= 0.6 is 23.2 Å². The number of amides is 1. The maximum Gasteiger partial charge on any atom is 0.251 e. The van der Waals surface area contributed by atoms with E-state index in [1.165, 1.54) is 0 Å². The zero-order valence-electron chi connectivity index (χ0n) is 12.4. The van der Waals surface area contributed by atoms with E-state index < -0.39 is 0 Å². The van der Waals surface area contributed by atoms with E-state index in [-0.39, 0.29) is 5.91 Å². The highest BCUT2D eigenvalue weighted by atomic mass is 35.5. The Morgan fingerprint density at radius 3 is 2.25 bits per heavy atom. The maximum atomic E-state index is 12.0. The molecule has 1 aromatic rings. The molecule has 5 heteroatoms. The molecule has 0 aliphatic rings. The van der Waals surface area contributed by atoms with E-state index >= 15 is 0 Å². The van der Waals surface area contributed by atoms with Crippen LogP contribution < -0.4 is 5.32 Å². The van der Waals surface area contributed by atoms with Gasteiger partial charge < -0.3 is 5.32 Å². The monoisotopic (exact) mass is 316 g/mol. The largest absolute Gasteiger partial charge is 0.351 e. The third-order valence-corrected chi connectivity index (χ3v) is 3.90. The Balaban J connectivity index is 2.53. The number of rotatable bonds is 6. The second kappa shape index (κ2) is 7.87. The van der Waals surface area contributed by atoms with Crippen LogP contribution in [0.1, 0.15) is 38.1 Å². The highest BCUT2D eigenvalue weighted by molar-refractivity contribution is 6.42. The van der Waals surface area contributed by atoms with Crippen molar-refractivity contribution in [3.8, 4) is 0 Å². The lowest BCUT2D eigenvalue weighted by molar-refractivity contribution is 0.0939. The van der Waals surface area contributed by atoms with Crippen LogP contribution in [0.2, 0.25) is 10.0 Å². The molecule has 0 bridgehead atoms. The Morgan fingerprint density at radius 2 is 1.75 bits per heavy atom. The fraction of sp³-hybridized carbons (Fsp3) is 0.533. The molecule has 20 heavy (non-hydrogen) atoms. The van der Waals surface area contributed by atoms with Gasteiger partial charge in [0.25, 0.3) is 5.91 Å². The third-order valence-electron chi connectivity index (χ3n) is 3.16. The molecule has 0 saturated heterocycles. The molecule has 0 atom stereocenters. The van der Waals surface area contributed by atoms with Gasteiger partial charge in [-0.1, -0.05) is 23.2 Å². The van der Waals surface area contributed by atoms with Crippen LogP contribution in [-0.4, -0.2) is 36.0 Å². The lowest BCUT2D eigenvalue weighted by Gasteiger charge is -2.30. The smallest absolute Gasteiger partial charge is 0.251 e. The summed E-state index contributed by atoms with van der Waals surface area (Å²) in [7, 11) is 0. The maximum absolute atomic E-state index is 12.0. The van der Waals surface area contributed by atoms with Crippen molar-refractivity contribution in [1.29, 1.82) is 0 Å². The summed E-state index contributed by atoms with van der Waals surface area (Å²) in [6.45, 7) is 10.0. The minimum absolute atomic E-state index is 0.129. The summed E-state index contributed by atoms with van der Waals surface area (Å²) in [5.74, 6) is -0.129. The van der Waals surface area contributed by atoms with Gasteiger partial charge in [-0.2, -0.15) is 0 Å². The first-order valence-corrected chi connectivity index (χ1v) is 7.57. The molecule has 0 saturated carbocycles. The van der Waals surface area contributed by atoms with Crippen LogP contribution in [0.5, 0.6) is 0 Å². The van der Waals surface area contributed by atoms with Crippen molar-refractivity contribution in [2.75, 3.05) is 13.1 Å². The zero-order chi connectivity index (χ0) is 15.3. The van der Waals surface area contributed by atoms with Gasteiger partial charge in [0, 0.05) is 30.7 Å². The predicted molar refractivity (Wildman–Crippen MR) is 85.8 cm³/mol. The highest BCUT2D eigenvalue weighted by Crippen LogP contribution is 2.22. The van der Waals surface area contributed by atoms with Gasteiger partial charge in [-0.25, -0.2) is 0 Å². The van der Waals surface area contributed by atoms with Crippen molar-refractivity contribution >= 4 is 29.1 Å². The lowest BCUT2D eigenvalue weighted by Crippen LogP contribution is -2.42. The summed E-state index contributed by atoms with van der Waals surface area (Å²) in [5, 5.41) is 3.75. The molecule has 0 aliphatic heterocycles. The van der Waals surface area contributed by atoms with Crippen molar-refractivity contribution in [2.24, 2.45) is 0 Å².